The summed E-state index contributed by atoms with van der Waals surface area (Å²) < 4.78 is 7.32. The SMILES string of the molecule is COCCn1c(SC2CCCCNC2=O)nc2cc(Cl)ccc21. The highest BCUT2D eigenvalue weighted by Gasteiger charge is 2.24. The Morgan fingerprint density at radius 1 is 1.48 bits per heavy atom. The minimum Gasteiger partial charge on any atom is -0.383 e. The van der Waals surface area contributed by atoms with Gasteiger partial charge in [0, 0.05) is 25.2 Å². The van der Waals surface area contributed by atoms with Gasteiger partial charge in [-0.15, -0.1) is 0 Å². The van der Waals surface area contributed by atoms with Crippen molar-refractivity contribution in [3.05, 3.63) is 23.2 Å². The third-order valence-corrected chi connectivity index (χ3v) is 5.42. The molecular formula is C16H20ClN3O2S. The van der Waals surface area contributed by atoms with E-state index in [-0.39, 0.29) is 11.2 Å². The number of fused-ring (bicyclic) bond motifs is 1. The Balaban J connectivity index is 1.92. The predicted molar refractivity (Wildman–Crippen MR) is 93.1 cm³/mol. The van der Waals surface area contributed by atoms with Gasteiger partial charge in [0.25, 0.3) is 0 Å². The molecule has 1 aliphatic heterocycles. The van der Waals surface area contributed by atoms with Gasteiger partial charge < -0.3 is 14.6 Å². The van der Waals surface area contributed by atoms with Crippen molar-refractivity contribution in [2.45, 2.75) is 36.2 Å². The fourth-order valence-corrected chi connectivity index (χ4v) is 4.08. The highest BCUT2D eigenvalue weighted by Crippen LogP contribution is 2.31. The topological polar surface area (TPSA) is 56.1 Å². The standard InChI is InChI=1S/C16H20ClN3O2S/c1-22-9-8-20-13-6-5-11(17)10-12(13)19-16(20)23-14-4-2-3-7-18-15(14)21/h5-6,10,14H,2-4,7-9H2,1H3,(H,18,21). The predicted octanol–water partition coefficient (Wildman–Crippen LogP) is 3.10. The van der Waals surface area contributed by atoms with E-state index >= 15 is 0 Å². The van der Waals surface area contributed by atoms with E-state index in [2.05, 4.69) is 9.88 Å². The van der Waals surface area contributed by atoms with E-state index in [1.54, 1.807) is 7.11 Å². The number of nitrogens with zero attached hydrogens (tertiary/aromatic N) is 2. The van der Waals surface area contributed by atoms with E-state index in [0.717, 1.165) is 42.0 Å². The number of benzene rings is 1. The van der Waals surface area contributed by atoms with Crippen LogP contribution < -0.4 is 5.32 Å². The molecule has 1 aliphatic rings. The van der Waals surface area contributed by atoms with Gasteiger partial charge in [0.2, 0.25) is 5.91 Å². The molecule has 2 heterocycles. The lowest BCUT2D eigenvalue weighted by Crippen LogP contribution is -2.30. The Kier molecular flexibility index (Phi) is 5.46. The maximum absolute atomic E-state index is 12.2. The summed E-state index contributed by atoms with van der Waals surface area (Å²) in [6.45, 7) is 2.06. The molecule has 3 rings (SSSR count). The van der Waals surface area contributed by atoms with Crippen molar-refractivity contribution in [1.29, 1.82) is 0 Å². The summed E-state index contributed by atoms with van der Waals surface area (Å²) in [6.07, 6.45) is 2.98. The minimum absolute atomic E-state index is 0.0916. The molecule has 1 fully saturated rings. The van der Waals surface area contributed by atoms with E-state index in [0.29, 0.717) is 18.2 Å². The molecule has 1 unspecified atom stereocenters. The normalized spacial score (nSPS) is 18.9. The molecule has 1 aromatic heterocycles. The van der Waals surface area contributed by atoms with Crippen LogP contribution in [0, 0.1) is 0 Å². The summed E-state index contributed by atoms with van der Waals surface area (Å²) in [5, 5.41) is 4.40. The monoisotopic (exact) mass is 353 g/mol. The largest absolute Gasteiger partial charge is 0.383 e. The van der Waals surface area contributed by atoms with Crippen LogP contribution in [0.4, 0.5) is 0 Å². The molecule has 0 spiro atoms. The van der Waals surface area contributed by atoms with Crippen molar-refractivity contribution in [2.75, 3.05) is 20.3 Å². The lowest BCUT2D eigenvalue weighted by Gasteiger charge is -2.14. The van der Waals surface area contributed by atoms with Crippen LogP contribution in [0.25, 0.3) is 11.0 Å². The van der Waals surface area contributed by atoms with Crippen LogP contribution >= 0.6 is 23.4 Å². The van der Waals surface area contributed by atoms with Crippen LogP contribution in [0.2, 0.25) is 5.02 Å². The second-order valence-corrected chi connectivity index (χ2v) is 7.17. The molecule has 1 atom stereocenters. The number of carbonyl (C=O) groups is 1. The van der Waals surface area contributed by atoms with E-state index < -0.39 is 0 Å². The van der Waals surface area contributed by atoms with E-state index in [1.165, 1.54) is 11.8 Å². The summed E-state index contributed by atoms with van der Waals surface area (Å²) in [7, 11) is 1.68. The van der Waals surface area contributed by atoms with Crippen molar-refractivity contribution in [3.8, 4) is 0 Å². The van der Waals surface area contributed by atoms with E-state index in [4.69, 9.17) is 21.3 Å². The average Bonchev–Trinajstić information content (AvgIpc) is 2.73. The fourth-order valence-electron chi connectivity index (χ4n) is 2.72. The number of aromatic nitrogens is 2. The Labute approximate surface area is 144 Å². The Hall–Kier alpha value is -1.24. The lowest BCUT2D eigenvalue weighted by atomic mass is 10.2. The number of ether oxygens (including phenoxy) is 1. The van der Waals surface area contributed by atoms with Gasteiger partial charge in [-0.2, -0.15) is 0 Å². The molecule has 1 saturated heterocycles. The molecule has 0 saturated carbocycles. The number of rotatable bonds is 5. The van der Waals surface area contributed by atoms with Gasteiger partial charge in [-0.05, 0) is 31.0 Å². The molecule has 2 aromatic rings. The number of halogens is 1. The molecule has 7 heteroatoms. The number of hydrogen-bond donors (Lipinski definition) is 1. The van der Waals surface area contributed by atoms with Crippen molar-refractivity contribution < 1.29 is 9.53 Å². The number of nitrogens with one attached hydrogen (secondary N) is 1. The number of methoxy groups -OCH3 is 1. The molecule has 1 N–H and O–H groups in total. The maximum Gasteiger partial charge on any atom is 0.233 e. The first-order valence-corrected chi connectivity index (χ1v) is 9.04. The van der Waals surface area contributed by atoms with Crippen LogP contribution in [0.5, 0.6) is 0 Å². The van der Waals surface area contributed by atoms with Crippen molar-refractivity contribution >= 4 is 40.3 Å². The summed E-state index contributed by atoms with van der Waals surface area (Å²) in [6, 6.07) is 5.69. The van der Waals surface area contributed by atoms with Crippen LogP contribution in [0.15, 0.2) is 23.4 Å². The zero-order valence-electron chi connectivity index (χ0n) is 13.0. The zero-order chi connectivity index (χ0) is 16.2. The third-order valence-electron chi connectivity index (χ3n) is 3.93. The molecular weight excluding hydrogens is 334 g/mol. The number of imidazole rings is 1. The quantitative estimate of drug-likeness (QED) is 0.897. The summed E-state index contributed by atoms with van der Waals surface area (Å²) >= 11 is 7.61. The van der Waals surface area contributed by atoms with Gasteiger partial charge in [-0.1, -0.05) is 29.8 Å². The second kappa shape index (κ2) is 7.55. The number of carbonyl (C=O) groups excluding carboxylic acids is 1. The first-order chi connectivity index (χ1) is 11.2. The number of hydrogen-bond acceptors (Lipinski definition) is 4. The number of thioether (sulfide) groups is 1. The lowest BCUT2D eigenvalue weighted by molar-refractivity contribution is -0.120. The Morgan fingerprint density at radius 3 is 3.17 bits per heavy atom. The highest BCUT2D eigenvalue weighted by atomic mass is 35.5. The molecule has 1 amide bonds. The summed E-state index contributed by atoms with van der Waals surface area (Å²) in [4.78, 5) is 16.9. The molecule has 0 radical (unpaired) electrons. The molecule has 23 heavy (non-hydrogen) atoms. The Bertz CT molecular complexity index is 704. The fraction of sp³-hybridized carbons (Fsp3) is 0.500. The van der Waals surface area contributed by atoms with Gasteiger partial charge in [-0.25, -0.2) is 4.98 Å². The molecule has 124 valence electrons. The van der Waals surface area contributed by atoms with Crippen LogP contribution in [0.3, 0.4) is 0 Å². The molecule has 0 aliphatic carbocycles. The first-order valence-electron chi connectivity index (χ1n) is 7.78. The Morgan fingerprint density at radius 2 is 2.35 bits per heavy atom. The molecule has 5 nitrogen and oxygen atoms in total. The highest BCUT2D eigenvalue weighted by molar-refractivity contribution is 8.00. The second-order valence-electron chi connectivity index (χ2n) is 5.57. The van der Waals surface area contributed by atoms with Gasteiger partial charge in [-0.3, -0.25) is 4.79 Å². The minimum atomic E-state index is -0.0916. The van der Waals surface area contributed by atoms with Gasteiger partial charge >= 0.3 is 0 Å². The first kappa shape index (κ1) is 16.6. The number of amides is 1. The van der Waals surface area contributed by atoms with Gasteiger partial charge in [0.1, 0.15) is 0 Å². The molecule has 1 aromatic carbocycles. The zero-order valence-corrected chi connectivity index (χ0v) is 14.6. The van der Waals surface area contributed by atoms with E-state index in [1.807, 2.05) is 18.2 Å². The van der Waals surface area contributed by atoms with Crippen molar-refractivity contribution in [3.63, 3.8) is 0 Å². The molecule has 0 bridgehead atoms. The van der Waals surface area contributed by atoms with Gasteiger partial charge in [0.15, 0.2) is 5.16 Å². The van der Waals surface area contributed by atoms with Crippen molar-refractivity contribution in [2.24, 2.45) is 0 Å². The van der Waals surface area contributed by atoms with Crippen LogP contribution in [0.1, 0.15) is 19.3 Å². The van der Waals surface area contributed by atoms with Gasteiger partial charge in [0.05, 0.1) is 22.9 Å². The average molecular weight is 354 g/mol. The van der Waals surface area contributed by atoms with E-state index in [9.17, 15) is 4.79 Å². The smallest absolute Gasteiger partial charge is 0.233 e. The van der Waals surface area contributed by atoms with Crippen LogP contribution in [-0.4, -0.2) is 41.0 Å². The summed E-state index contributed by atoms with van der Waals surface area (Å²) in [5.41, 5.74) is 1.87. The summed E-state index contributed by atoms with van der Waals surface area (Å²) in [5.74, 6) is 0.107. The van der Waals surface area contributed by atoms with Crippen LogP contribution in [-0.2, 0) is 16.1 Å². The third kappa shape index (κ3) is 3.82. The van der Waals surface area contributed by atoms with Crippen molar-refractivity contribution in [1.82, 2.24) is 14.9 Å². The maximum atomic E-state index is 12.2.